The van der Waals surface area contributed by atoms with Gasteiger partial charge in [-0.1, -0.05) is 12.1 Å². The van der Waals surface area contributed by atoms with Crippen LogP contribution >= 0.6 is 0 Å². The van der Waals surface area contributed by atoms with E-state index >= 15 is 0 Å². The lowest BCUT2D eigenvalue weighted by Crippen LogP contribution is -2.01. The van der Waals surface area contributed by atoms with Gasteiger partial charge in [-0.05, 0) is 42.8 Å². The first-order valence-electron chi connectivity index (χ1n) is 8.68. The van der Waals surface area contributed by atoms with Crippen molar-refractivity contribution in [3.8, 4) is 28.5 Å². The Kier molecular flexibility index (Phi) is 6.35. The summed E-state index contributed by atoms with van der Waals surface area (Å²) in [4.78, 5) is 4.43. The molecule has 3 rings (SSSR count). The molecule has 0 bridgehead atoms. The lowest BCUT2D eigenvalue weighted by atomic mass is 10.1. The molecule has 0 saturated carbocycles. The van der Waals surface area contributed by atoms with E-state index in [0.717, 1.165) is 11.1 Å². The third-order valence-corrected chi connectivity index (χ3v) is 3.81. The van der Waals surface area contributed by atoms with Crippen molar-refractivity contribution in [2.45, 2.75) is 6.92 Å². The number of hydrogen-bond donors (Lipinski definition) is 1. The fraction of sp³-hybridized carbons (Fsp3) is 0.200. The van der Waals surface area contributed by atoms with Crippen LogP contribution in [0.1, 0.15) is 12.5 Å². The van der Waals surface area contributed by atoms with Crippen molar-refractivity contribution in [1.29, 1.82) is 0 Å². The summed E-state index contributed by atoms with van der Waals surface area (Å²) in [5.41, 5.74) is 5.08. The van der Waals surface area contributed by atoms with E-state index in [9.17, 15) is 0 Å². The Morgan fingerprint density at radius 2 is 1.86 bits per heavy atom. The molecule has 2 aromatic carbocycles. The molecule has 0 spiro atoms. The quantitative estimate of drug-likeness (QED) is 0.474. The number of benzene rings is 2. The summed E-state index contributed by atoms with van der Waals surface area (Å²) in [5, 5.41) is 12.1. The molecule has 8 nitrogen and oxygen atoms in total. The Labute approximate surface area is 163 Å². The molecule has 0 amide bonds. The van der Waals surface area contributed by atoms with Crippen molar-refractivity contribution in [2.75, 3.05) is 26.3 Å². The predicted molar refractivity (Wildman–Crippen MR) is 107 cm³/mol. The van der Waals surface area contributed by atoms with Crippen LogP contribution in [0.5, 0.6) is 17.2 Å². The van der Waals surface area contributed by atoms with E-state index < -0.39 is 0 Å². The number of methoxy groups -OCH3 is 2. The van der Waals surface area contributed by atoms with Crippen molar-refractivity contribution >= 4 is 12.2 Å². The number of rotatable bonds is 8. The Hall–Kier alpha value is -3.68. The molecule has 0 unspecified atom stereocenters. The summed E-state index contributed by atoms with van der Waals surface area (Å²) >= 11 is 0. The van der Waals surface area contributed by atoms with Gasteiger partial charge < -0.3 is 14.2 Å². The lowest BCUT2D eigenvalue weighted by molar-refractivity contribution is 0.311. The monoisotopic (exact) mass is 379 g/mol. The average molecular weight is 379 g/mol. The molecule has 0 radical (unpaired) electrons. The van der Waals surface area contributed by atoms with Gasteiger partial charge in [0, 0.05) is 5.56 Å². The van der Waals surface area contributed by atoms with E-state index in [2.05, 4.69) is 25.7 Å². The molecule has 1 heterocycles. The van der Waals surface area contributed by atoms with Crippen LogP contribution in [0, 0.1) is 0 Å². The average Bonchev–Trinajstić information content (AvgIpc) is 2.75. The SMILES string of the molecule is CCOc1ccc(C=NNc2nncc(-c3ccccc3OC)n2)cc1OC. The molecule has 0 aliphatic carbocycles. The summed E-state index contributed by atoms with van der Waals surface area (Å²) < 4.78 is 16.2. The maximum atomic E-state index is 5.51. The molecular weight excluding hydrogens is 358 g/mol. The largest absolute Gasteiger partial charge is 0.496 e. The van der Waals surface area contributed by atoms with Crippen LogP contribution in [0.4, 0.5) is 5.95 Å². The number of nitrogens with one attached hydrogen (secondary N) is 1. The topological polar surface area (TPSA) is 90.8 Å². The molecule has 0 aliphatic heterocycles. The van der Waals surface area contributed by atoms with Crippen molar-refractivity contribution in [3.63, 3.8) is 0 Å². The van der Waals surface area contributed by atoms with Gasteiger partial charge in [-0.25, -0.2) is 10.4 Å². The van der Waals surface area contributed by atoms with Gasteiger partial charge in [-0.3, -0.25) is 0 Å². The predicted octanol–water partition coefficient (Wildman–Crippen LogP) is 3.40. The van der Waals surface area contributed by atoms with Gasteiger partial charge in [0.25, 0.3) is 5.95 Å². The first kappa shape index (κ1) is 19.1. The van der Waals surface area contributed by atoms with Crippen molar-refractivity contribution in [1.82, 2.24) is 15.2 Å². The normalized spacial score (nSPS) is 10.7. The Bertz CT molecular complexity index is 962. The van der Waals surface area contributed by atoms with E-state index in [1.807, 2.05) is 49.4 Å². The molecule has 1 aromatic heterocycles. The summed E-state index contributed by atoms with van der Waals surface area (Å²) in [6.45, 7) is 2.49. The van der Waals surface area contributed by atoms with Crippen LogP contribution in [0.3, 0.4) is 0 Å². The van der Waals surface area contributed by atoms with Gasteiger partial charge in [0.15, 0.2) is 11.5 Å². The molecule has 1 N–H and O–H groups in total. The molecule has 0 atom stereocenters. The number of aromatic nitrogens is 3. The van der Waals surface area contributed by atoms with Gasteiger partial charge in [0.2, 0.25) is 0 Å². The third-order valence-electron chi connectivity index (χ3n) is 3.81. The fourth-order valence-corrected chi connectivity index (χ4v) is 2.54. The maximum Gasteiger partial charge on any atom is 0.263 e. The second-order valence-corrected chi connectivity index (χ2v) is 5.58. The maximum absolute atomic E-state index is 5.51. The van der Waals surface area contributed by atoms with E-state index in [0.29, 0.717) is 29.5 Å². The number of hydrazone groups is 1. The summed E-state index contributed by atoms with van der Waals surface area (Å²) in [7, 11) is 3.21. The number of anilines is 1. The van der Waals surface area contributed by atoms with Gasteiger partial charge in [-0.15, -0.1) is 5.10 Å². The van der Waals surface area contributed by atoms with Crippen molar-refractivity contribution in [3.05, 3.63) is 54.2 Å². The van der Waals surface area contributed by atoms with Crippen LogP contribution in [0.2, 0.25) is 0 Å². The zero-order chi connectivity index (χ0) is 19.8. The lowest BCUT2D eigenvalue weighted by Gasteiger charge is -2.09. The molecule has 144 valence electrons. The molecule has 28 heavy (non-hydrogen) atoms. The van der Waals surface area contributed by atoms with Crippen molar-refractivity contribution < 1.29 is 14.2 Å². The van der Waals surface area contributed by atoms with E-state index in [-0.39, 0.29) is 5.95 Å². The number of hydrogen-bond acceptors (Lipinski definition) is 8. The second-order valence-electron chi connectivity index (χ2n) is 5.58. The van der Waals surface area contributed by atoms with Crippen LogP contribution in [-0.4, -0.2) is 42.2 Å². The molecule has 3 aromatic rings. The summed E-state index contributed by atoms with van der Waals surface area (Å²) in [6, 6.07) is 13.1. The van der Waals surface area contributed by atoms with E-state index in [4.69, 9.17) is 14.2 Å². The molecule has 0 saturated heterocycles. The minimum atomic E-state index is 0.276. The van der Waals surface area contributed by atoms with Crippen molar-refractivity contribution in [2.24, 2.45) is 5.10 Å². The highest BCUT2D eigenvalue weighted by Crippen LogP contribution is 2.28. The zero-order valence-corrected chi connectivity index (χ0v) is 15.9. The second kappa shape index (κ2) is 9.31. The molecular formula is C20H21N5O3. The number of ether oxygens (including phenoxy) is 3. The van der Waals surface area contributed by atoms with Gasteiger partial charge in [0.05, 0.1) is 38.9 Å². The standard InChI is InChI=1S/C20H21N5O3/c1-4-28-18-10-9-14(11-19(18)27-3)12-21-24-20-23-16(13-22-25-20)15-7-5-6-8-17(15)26-2/h5-13H,4H2,1-3H3,(H,23,24,25). The third kappa shape index (κ3) is 4.53. The van der Waals surface area contributed by atoms with E-state index in [1.54, 1.807) is 26.6 Å². The Balaban J connectivity index is 1.75. The number of para-hydroxylation sites is 1. The molecule has 0 fully saturated rings. The van der Waals surface area contributed by atoms with Gasteiger partial charge >= 0.3 is 0 Å². The smallest absolute Gasteiger partial charge is 0.263 e. The summed E-state index contributed by atoms with van der Waals surface area (Å²) in [6.07, 6.45) is 3.21. The Morgan fingerprint density at radius 1 is 1.04 bits per heavy atom. The van der Waals surface area contributed by atoms with Crippen LogP contribution in [-0.2, 0) is 0 Å². The molecule has 0 aliphatic rings. The summed E-state index contributed by atoms with van der Waals surface area (Å²) in [5.74, 6) is 2.31. The minimum Gasteiger partial charge on any atom is -0.496 e. The Morgan fingerprint density at radius 3 is 2.64 bits per heavy atom. The molecule has 8 heteroatoms. The fourth-order valence-electron chi connectivity index (χ4n) is 2.54. The van der Waals surface area contributed by atoms with E-state index in [1.165, 1.54) is 0 Å². The van der Waals surface area contributed by atoms with Crippen LogP contribution in [0.15, 0.2) is 53.8 Å². The first-order chi connectivity index (χ1) is 13.7. The van der Waals surface area contributed by atoms with Gasteiger partial charge in [0.1, 0.15) is 5.75 Å². The zero-order valence-electron chi connectivity index (χ0n) is 15.9. The highest BCUT2D eigenvalue weighted by molar-refractivity contribution is 5.81. The van der Waals surface area contributed by atoms with Crippen LogP contribution < -0.4 is 19.6 Å². The van der Waals surface area contributed by atoms with Crippen LogP contribution in [0.25, 0.3) is 11.3 Å². The minimum absolute atomic E-state index is 0.276. The highest BCUT2D eigenvalue weighted by atomic mass is 16.5. The highest BCUT2D eigenvalue weighted by Gasteiger charge is 2.08. The number of nitrogens with zero attached hydrogens (tertiary/aromatic N) is 4. The first-order valence-corrected chi connectivity index (χ1v) is 8.68. The van der Waals surface area contributed by atoms with Gasteiger partial charge in [-0.2, -0.15) is 10.2 Å².